The lowest BCUT2D eigenvalue weighted by Crippen LogP contribution is -1.85. The number of rotatable bonds is 1. The first-order chi connectivity index (χ1) is 7.18. The smallest absolute Gasteiger partial charge is 0.141 e. The molecule has 0 aliphatic rings. The molecule has 75 valence electrons. The second-order valence-electron chi connectivity index (χ2n) is 3.03. The molecule has 0 nitrogen and oxygen atoms in total. The summed E-state index contributed by atoms with van der Waals surface area (Å²) in [6, 6.07) is 11.1. The molecule has 0 bridgehead atoms. The van der Waals surface area contributed by atoms with Crippen LogP contribution in [0.3, 0.4) is 0 Å². The van der Waals surface area contributed by atoms with E-state index in [4.69, 9.17) is 11.6 Å². The van der Waals surface area contributed by atoms with E-state index in [1.54, 1.807) is 0 Å². The molecule has 0 heterocycles. The summed E-state index contributed by atoms with van der Waals surface area (Å²) >= 11 is 5.61. The van der Waals surface area contributed by atoms with Crippen LogP contribution in [0.1, 0.15) is 0 Å². The van der Waals surface area contributed by atoms with E-state index in [9.17, 15) is 8.78 Å². The lowest BCUT2D eigenvalue weighted by molar-refractivity contribution is 0.626. The molecule has 0 aliphatic carbocycles. The molecule has 0 unspecified atom stereocenters. The lowest BCUT2D eigenvalue weighted by atomic mass is 10.1. The summed E-state index contributed by atoms with van der Waals surface area (Å²) in [5.74, 6) is -0.892. The molecule has 0 amide bonds. The van der Waals surface area contributed by atoms with Crippen LogP contribution in [0, 0.1) is 17.7 Å². The van der Waals surface area contributed by atoms with Crippen LogP contribution >= 0.6 is 11.6 Å². The first-order valence-electron chi connectivity index (χ1n) is 4.29. The molecule has 0 fully saturated rings. The minimum atomic E-state index is -0.513. The van der Waals surface area contributed by atoms with E-state index in [1.807, 2.05) is 0 Å². The molecule has 0 aliphatic heterocycles. The molecule has 0 spiro atoms. The number of halogens is 3. The third-order valence-electron chi connectivity index (χ3n) is 2.04. The van der Waals surface area contributed by atoms with Crippen molar-refractivity contribution < 1.29 is 8.78 Å². The van der Waals surface area contributed by atoms with Crippen molar-refractivity contribution in [3.05, 3.63) is 59.1 Å². The number of hydrogen-bond donors (Lipinski definition) is 0. The fraction of sp³-hybridized carbons (Fsp3) is 0. The van der Waals surface area contributed by atoms with E-state index in [1.165, 1.54) is 36.4 Å². The maximum Gasteiger partial charge on any atom is 0.141 e. The van der Waals surface area contributed by atoms with Gasteiger partial charge in [-0.3, -0.25) is 0 Å². The zero-order valence-electron chi connectivity index (χ0n) is 7.60. The molecule has 0 aromatic heterocycles. The van der Waals surface area contributed by atoms with Crippen LogP contribution in [-0.4, -0.2) is 0 Å². The second kappa shape index (κ2) is 3.99. The van der Waals surface area contributed by atoms with Gasteiger partial charge in [0.1, 0.15) is 11.6 Å². The first-order valence-corrected chi connectivity index (χ1v) is 4.67. The summed E-state index contributed by atoms with van der Waals surface area (Å²) in [7, 11) is 0. The largest absolute Gasteiger partial charge is 0.206 e. The molecule has 2 aromatic carbocycles. The predicted molar refractivity (Wildman–Crippen MR) is 55.6 cm³/mol. The highest BCUT2D eigenvalue weighted by molar-refractivity contribution is 6.31. The van der Waals surface area contributed by atoms with Gasteiger partial charge >= 0.3 is 0 Å². The monoisotopic (exact) mass is 223 g/mol. The third kappa shape index (κ3) is 2.00. The van der Waals surface area contributed by atoms with Gasteiger partial charge in [-0.2, -0.15) is 0 Å². The topological polar surface area (TPSA) is 0 Å². The Bertz CT molecular complexity index is 495. The molecule has 1 radical (unpaired) electrons. The van der Waals surface area contributed by atoms with Gasteiger partial charge in [0, 0.05) is 5.56 Å². The van der Waals surface area contributed by atoms with Crippen molar-refractivity contribution in [3.63, 3.8) is 0 Å². The van der Waals surface area contributed by atoms with E-state index < -0.39 is 5.82 Å². The van der Waals surface area contributed by atoms with Crippen LogP contribution in [0.2, 0.25) is 5.02 Å². The van der Waals surface area contributed by atoms with Gasteiger partial charge in [-0.1, -0.05) is 23.7 Å². The molecule has 2 rings (SSSR count). The van der Waals surface area contributed by atoms with E-state index in [0.717, 1.165) is 0 Å². The van der Waals surface area contributed by atoms with E-state index in [-0.39, 0.29) is 10.8 Å². The summed E-state index contributed by atoms with van der Waals surface area (Å²) in [6.45, 7) is 0. The van der Waals surface area contributed by atoms with Gasteiger partial charge in [-0.25, -0.2) is 8.78 Å². The molecule has 3 heteroatoms. The Hall–Kier alpha value is -1.41. The molecular formula is C12H6ClF2. The molecular weight excluding hydrogens is 218 g/mol. The fourth-order valence-corrected chi connectivity index (χ4v) is 1.48. The van der Waals surface area contributed by atoms with E-state index in [2.05, 4.69) is 6.07 Å². The standard InChI is InChI=1S/C12H6ClF2/c13-10-7-8(5-6-12(10)15)9-3-1-2-4-11(9)14/h2-7H. The normalized spacial score (nSPS) is 10.3. The zero-order valence-corrected chi connectivity index (χ0v) is 8.35. The maximum absolute atomic E-state index is 13.4. The lowest BCUT2D eigenvalue weighted by Gasteiger charge is -2.03. The molecule has 0 atom stereocenters. The Balaban J connectivity index is 2.55. The van der Waals surface area contributed by atoms with Crippen LogP contribution in [-0.2, 0) is 0 Å². The highest BCUT2D eigenvalue weighted by atomic mass is 35.5. The second-order valence-corrected chi connectivity index (χ2v) is 3.44. The Morgan fingerprint density at radius 1 is 1.07 bits per heavy atom. The average Bonchev–Trinajstić information content (AvgIpc) is 2.23. The van der Waals surface area contributed by atoms with Gasteiger partial charge in [-0.05, 0) is 35.9 Å². The van der Waals surface area contributed by atoms with Gasteiger partial charge < -0.3 is 0 Å². The van der Waals surface area contributed by atoms with Gasteiger partial charge in [0.25, 0.3) is 0 Å². The molecule has 0 N–H and O–H groups in total. The van der Waals surface area contributed by atoms with E-state index in [0.29, 0.717) is 11.1 Å². The molecule has 0 saturated heterocycles. The van der Waals surface area contributed by atoms with Crippen LogP contribution < -0.4 is 0 Å². The van der Waals surface area contributed by atoms with Gasteiger partial charge in [-0.15, -0.1) is 0 Å². The zero-order chi connectivity index (χ0) is 10.8. The average molecular weight is 224 g/mol. The maximum atomic E-state index is 13.4. The Labute approximate surface area is 91.1 Å². The van der Waals surface area contributed by atoms with Crippen molar-refractivity contribution >= 4 is 11.6 Å². The molecule has 2 aromatic rings. The van der Waals surface area contributed by atoms with Crippen molar-refractivity contribution in [1.29, 1.82) is 0 Å². The van der Waals surface area contributed by atoms with Crippen molar-refractivity contribution in [2.75, 3.05) is 0 Å². The molecule has 15 heavy (non-hydrogen) atoms. The molecule has 0 saturated carbocycles. The number of hydrogen-bond acceptors (Lipinski definition) is 0. The van der Waals surface area contributed by atoms with E-state index >= 15 is 0 Å². The fourth-order valence-electron chi connectivity index (χ4n) is 1.30. The quantitative estimate of drug-likeness (QED) is 0.683. The first kappa shape index (κ1) is 10.1. The van der Waals surface area contributed by atoms with Crippen LogP contribution in [0.4, 0.5) is 8.78 Å². The highest BCUT2D eigenvalue weighted by Crippen LogP contribution is 2.26. The summed E-state index contributed by atoms with van der Waals surface area (Å²) in [6.07, 6.45) is 0. The summed E-state index contributed by atoms with van der Waals surface area (Å²) < 4.78 is 26.2. The third-order valence-corrected chi connectivity index (χ3v) is 2.33. The Kier molecular flexibility index (Phi) is 2.69. The van der Waals surface area contributed by atoms with Crippen molar-refractivity contribution in [3.8, 4) is 11.1 Å². The highest BCUT2D eigenvalue weighted by Gasteiger charge is 2.06. The van der Waals surface area contributed by atoms with Crippen LogP contribution in [0.5, 0.6) is 0 Å². The van der Waals surface area contributed by atoms with Crippen LogP contribution in [0.15, 0.2) is 36.4 Å². The Morgan fingerprint density at radius 2 is 1.87 bits per heavy atom. The van der Waals surface area contributed by atoms with Crippen molar-refractivity contribution in [2.24, 2.45) is 0 Å². The van der Waals surface area contributed by atoms with Gasteiger partial charge in [0.2, 0.25) is 0 Å². The van der Waals surface area contributed by atoms with Gasteiger partial charge in [0.05, 0.1) is 5.02 Å². The van der Waals surface area contributed by atoms with Gasteiger partial charge in [0.15, 0.2) is 0 Å². The van der Waals surface area contributed by atoms with Crippen molar-refractivity contribution in [1.82, 2.24) is 0 Å². The summed E-state index contributed by atoms with van der Waals surface area (Å²) in [5, 5.41) is -0.0178. The van der Waals surface area contributed by atoms with Crippen molar-refractivity contribution in [2.45, 2.75) is 0 Å². The SMILES string of the molecule is Fc1ccc(-c2c[c]ccc2F)cc1Cl. The minimum absolute atomic E-state index is 0.0178. The van der Waals surface area contributed by atoms with Crippen LogP contribution in [0.25, 0.3) is 11.1 Å². The number of benzene rings is 2. The Morgan fingerprint density at radius 3 is 2.53 bits per heavy atom. The minimum Gasteiger partial charge on any atom is -0.206 e. The predicted octanol–water partition coefficient (Wildman–Crippen LogP) is 4.09. The summed E-state index contributed by atoms with van der Waals surface area (Å²) in [4.78, 5) is 0. The summed E-state index contributed by atoms with van der Waals surface area (Å²) in [5.41, 5.74) is 0.898.